The first kappa shape index (κ1) is 9.47. The van der Waals surface area contributed by atoms with Gasteiger partial charge in [-0.1, -0.05) is 13.8 Å². The van der Waals surface area contributed by atoms with Gasteiger partial charge in [0.25, 0.3) is 0 Å². The summed E-state index contributed by atoms with van der Waals surface area (Å²) in [5.74, 6) is 0.872. The second kappa shape index (κ2) is 3.58. The molecule has 2 aliphatic rings. The Morgan fingerprint density at radius 3 is 2.69 bits per heavy atom. The molecule has 2 saturated heterocycles. The Kier molecular flexibility index (Phi) is 2.61. The SMILES string of the molecule is CCN1CC[C@@H](C)C12CCOCC2. The molecule has 0 aromatic carbocycles. The van der Waals surface area contributed by atoms with Crippen LogP contribution in [0.15, 0.2) is 0 Å². The van der Waals surface area contributed by atoms with Gasteiger partial charge in [-0.25, -0.2) is 0 Å². The summed E-state index contributed by atoms with van der Waals surface area (Å²) in [5, 5.41) is 0. The molecule has 2 heterocycles. The lowest BCUT2D eigenvalue weighted by molar-refractivity contribution is -0.0231. The van der Waals surface area contributed by atoms with Crippen LogP contribution < -0.4 is 0 Å². The average molecular weight is 183 g/mol. The summed E-state index contributed by atoms with van der Waals surface area (Å²) in [6, 6.07) is 0. The van der Waals surface area contributed by atoms with Crippen molar-refractivity contribution in [1.29, 1.82) is 0 Å². The lowest BCUT2D eigenvalue weighted by atomic mass is 9.79. The lowest BCUT2D eigenvalue weighted by Crippen LogP contribution is -2.50. The third-order valence-electron chi connectivity index (χ3n) is 4.12. The maximum Gasteiger partial charge on any atom is 0.0483 e. The maximum atomic E-state index is 5.47. The zero-order valence-electron chi connectivity index (χ0n) is 8.88. The van der Waals surface area contributed by atoms with Gasteiger partial charge >= 0.3 is 0 Å². The van der Waals surface area contributed by atoms with E-state index in [9.17, 15) is 0 Å². The van der Waals surface area contributed by atoms with Crippen molar-refractivity contribution in [3.05, 3.63) is 0 Å². The van der Waals surface area contributed by atoms with E-state index in [0.29, 0.717) is 5.54 Å². The summed E-state index contributed by atoms with van der Waals surface area (Å²) in [6.07, 6.45) is 3.89. The fraction of sp³-hybridized carbons (Fsp3) is 1.00. The largest absolute Gasteiger partial charge is 0.381 e. The predicted octanol–water partition coefficient (Wildman–Crippen LogP) is 1.90. The molecule has 2 aliphatic heterocycles. The summed E-state index contributed by atoms with van der Waals surface area (Å²) in [5.41, 5.74) is 0.507. The van der Waals surface area contributed by atoms with Crippen molar-refractivity contribution in [2.45, 2.75) is 38.6 Å². The molecule has 0 amide bonds. The highest BCUT2D eigenvalue weighted by molar-refractivity contribution is 5.00. The molecule has 0 aromatic heterocycles. The number of hydrogen-bond acceptors (Lipinski definition) is 2. The topological polar surface area (TPSA) is 12.5 Å². The zero-order chi connectivity index (χ0) is 9.31. The van der Waals surface area contributed by atoms with Crippen LogP contribution in [0.5, 0.6) is 0 Å². The van der Waals surface area contributed by atoms with Crippen LogP contribution >= 0.6 is 0 Å². The first-order chi connectivity index (χ1) is 6.29. The number of nitrogens with zero attached hydrogens (tertiary/aromatic N) is 1. The minimum atomic E-state index is 0.507. The van der Waals surface area contributed by atoms with E-state index in [1.165, 1.54) is 32.4 Å². The van der Waals surface area contributed by atoms with Crippen molar-refractivity contribution in [2.75, 3.05) is 26.3 Å². The van der Waals surface area contributed by atoms with Crippen LogP contribution in [-0.2, 0) is 4.74 Å². The second-order valence-corrected chi connectivity index (χ2v) is 4.49. The van der Waals surface area contributed by atoms with Crippen molar-refractivity contribution in [3.63, 3.8) is 0 Å². The maximum absolute atomic E-state index is 5.47. The van der Waals surface area contributed by atoms with Crippen molar-refractivity contribution < 1.29 is 4.74 Å². The molecule has 0 unspecified atom stereocenters. The third-order valence-corrected chi connectivity index (χ3v) is 4.12. The van der Waals surface area contributed by atoms with Gasteiger partial charge in [0.2, 0.25) is 0 Å². The normalized spacial score (nSPS) is 34.2. The molecular formula is C11H21NO. The molecule has 0 radical (unpaired) electrons. The summed E-state index contributed by atoms with van der Waals surface area (Å²) in [4.78, 5) is 2.68. The molecule has 0 bridgehead atoms. The molecule has 76 valence electrons. The Morgan fingerprint density at radius 1 is 1.38 bits per heavy atom. The second-order valence-electron chi connectivity index (χ2n) is 4.49. The van der Waals surface area contributed by atoms with Crippen LogP contribution in [0.1, 0.15) is 33.1 Å². The Balaban J connectivity index is 2.14. The van der Waals surface area contributed by atoms with E-state index in [4.69, 9.17) is 4.74 Å². The Bertz CT molecular complexity index is 175. The van der Waals surface area contributed by atoms with Crippen LogP contribution in [-0.4, -0.2) is 36.7 Å². The van der Waals surface area contributed by atoms with Crippen LogP contribution in [0.3, 0.4) is 0 Å². The van der Waals surface area contributed by atoms with E-state index in [2.05, 4.69) is 18.7 Å². The predicted molar refractivity (Wildman–Crippen MR) is 53.8 cm³/mol. The van der Waals surface area contributed by atoms with Crippen LogP contribution in [0, 0.1) is 5.92 Å². The fourth-order valence-corrected chi connectivity index (χ4v) is 3.16. The van der Waals surface area contributed by atoms with Gasteiger partial charge in [-0.3, -0.25) is 4.90 Å². The number of likely N-dealkylation sites (tertiary alicyclic amines) is 1. The van der Waals surface area contributed by atoms with Crippen LogP contribution in [0.4, 0.5) is 0 Å². The Hall–Kier alpha value is -0.0800. The molecule has 13 heavy (non-hydrogen) atoms. The van der Waals surface area contributed by atoms with Gasteiger partial charge in [0.05, 0.1) is 0 Å². The standard InChI is InChI=1S/C11H21NO/c1-3-12-7-4-10(2)11(12)5-8-13-9-6-11/h10H,3-9H2,1-2H3/t10-/m1/s1. The van der Waals surface area contributed by atoms with E-state index < -0.39 is 0 Å². The molecule has 2 heteroatoms. The van der Waals surface area contributed by atoms with E-state index in [1.807, 2.05) is 0 Å². The van der Waals surface area contributed by atoms with E-state index in [-0.39, 0.29) is 0 Å². The van der Waals surface area contributed by atoms with Crippen molar-refractivity contribution >= 4 is 0 Å². The molecule has 0 saturated carbocycles. The zero-order valence-corrected chi connectivity index (χ0v) is 8.88. The highest BCUT2D eigenvalue weighted by Gasteiger charge is 2.46. The van der Waals surface area contributed by atoms with Crippen molar-refractivity contribution in [1.82, 2.24) is 4.90 Å². The summed E-state index contributed by atoms with van der Waals surface area (Å²) >= 11 is 0. The first-order valence-corrected chi connectivity index (χ1v) is 5.62. The van der Waals surface area contributed by atoms with E-state index in [1.54, 1.807) is 0 Å². The number of ether oxygens (including phenoxy) is 1. The average Bonchev–Trinajstić information content (AvgIpc) is 2.46. The first-order valence-electron chi connectivity index (χ1n) is 5.62. The van der Waals surface area contributed by atoms with Gasteiger partial charge in [0.1, 0.15) is 0 Å². The summed E-state index contributed by atoms with van der Waals surface area (Å²) in [6.45, 7) is 9.17. The molecular weight excluding hydrogens is 162 g/mol. The van der Waals surface area contributed by atoms with Crippen molar-refractivity contribution in [2.24, 2.45) is 5.92 Å². The third kappa shape index (κ3) is 1.40. The number of rotatable bonds is 1. The molecule has 2 fully saturated rings. The molecule has 0 aromatic rings. The quantitative estimate of drug-likeness (QED) is 0.615. The summed E-state index contributed by atoms with van der Waals surface area (Å²) in [7, 11) is 0. The van der Waals surface area contributed by atoms with E-state index in [0.717, 1.165) is 19.1 Å². The van der Waals surface area contributed by atoms with Crippen molar-refractivity contribution in [3.8, 4) is 0 Å². The Labute approximate surface area is 81.3 Å². The fourth-order valence-electron chi connectivity index (χ4n) is 3.16. The summed E-state index contributed by atoms with van der Waals surface area (Å²) < 4.78 is 5.47. The molecule has 1 atom stereocenters. The van der Waals surface area contributed by atoms with Gasteiger partial charge in [0.15, 0.2) is 0 Å². The van der Waals surface area contributed by atoms with Gasteiger partial charge in [-0.2, -0.15) is 0 Å². The van der Waals surface area contributed by atoms with Crippen LogP contribution in [0.2, 0.25) is 0 Å². The van der Waals surface area contributed by atoms with E-state index >= 15 is 0 Å². The van der Waals surface area contributed by atoms with Gasteiger partial charge in [-0.15, -0.1) is 0 Å². The lowest BCUT2D eigenvalue weighted by Gasteiger charge is -2.44. The van der Waals surface area contributed by atoms with Crippen LogP contribution in [0.25, 0.3) is 0 Å². The molecule has 0 N–H and O–H groups in total. The smallest absolute Gasteiger partial charge is 0.0483 e. The molecule has 1 spiro atoms. The molecule has 2 rings (SSSR count). The minimum Gasteiger partial charge on any atom is -0.381 e. The minimum absolute atomic E-state index is 0.507. The molecule has 2 nitrogen and oxygen atoms in total. The van der Waals surface area contributed by atoms with Gasteiger partial charge in [0, 0.05) is 18.8 Å². The Morgan fingerprint density at radius 2 is 2.08 bits per heavy atom. The van der Waals surface area contributed by atoms with Gasteiger partial charge < -0.3 is 4.74 Å². The monoisotopic (exact) mass is 183 g/mol. The highest BCUT2D eigenvalue weighted by atomic mass is 16.5. The van der Waals surface area contributed by atoms with Gasteiger partial charge in [-0.05, 0) is 38.3 Å². The highest BCUT2D eigenvalue weighted by Crippen LogP contribution is 2.41. The molecule has 0 aliphatic carbocycles. The number of hydrogen-bond donors (Lipinski definition) is 0.